The van der Waals surface area contributed by atoms with Gasteiger partial charge in [-0.15, -0.1) is 0 Å². The van der Waals surface area contributed by atoms with Crippen LogP contribution in [-0.2, 0) is 5.41 Å². The van der Waals surface area contributed by atoms with Crippen molar-refractivity contribution in [3.63, 3.8) is 0 Å². The Morgan fingerprint density at radius 3 is 1.63 bits per heavy atom. The van der Waals surface area contributed by atoms with Gasteiger partial charge in [0.1, 0.15) is 0 Å². The first-order valence-electron chi connectivity index (χ1n) is 6.04. The zero-order valence-corrected chi connectivity index (χ0v) is 13.4. The molecule has 0 nitrogen and oxygen atoms in total. The van der Waals surface area contributed by atoms with E-state index in [1.807, 2.05) is 12.1 Å². The van der Waals surface area contributed by atoms with Crippen LogP contribution < -0.4 is 0 Å². The zero-order chi connectivity index (χ0) is 14.2. The van der Waals surface area contributed by atoms with Crippen LogP contribution in [0.2, 0.25) is 15.1 Å². The lowest BCUT2D eigenvalue weighted by Crippen LogP contribution is -2.10. The van der Waals surface area contributed by atoms with Crippen LogP contribution in [0.15, 0.2) is 36.4 Å². The highest BCUT2D eigenvalue weighted by molar-refractivity contribution is 6.48. The molecule has 0 unspecified atom stereocenters. The second kappa shape index (κ2) is 5.36. The molecular weight excluding hydrogens is 299 g/mol. The van der Waals surface area contributed by atoms with E-state index in [2.05, 4.69) is 45.0 Å². The summed E-state index contributed by atoms with van der Waals surface area (Å²) in [5.41, 5.74) is 3.49. The zero-order valence-electron chi connectivity index (χ0n) is 11.1. The predicted molar refractivity (Wildman–Crippen MR) is 85.6 cm³/mol. The SMILES string of the molecule is CC(C)(C)c1ccc(-c2cc(Cl)c(Cl)c(Cl)c2)cc1. The van der Waals surface area contributed by atoms with Gasteiger partial charge in [0.05, 0.1) is 15.1 Å². The minimum absolute atomic E-state index is 0.147. The van der Waals surface area contributed by atoms with E-state index in [1.54, 1.807) is 0 Å². The quantitative estimate of drug-likeness (QED) is 0.519. The summed E-state index contributed by atoms with van der Waals surface area (Å²) >= 11 is 18.1. The summed E-state index contributed by atoms with van der Waals surface area (Å²) in [5.74, 6) is 0. The summed E-state index contributed by atoms with van der Waals surface area (Å²) in [5, 5.41) is 1.35. The summed E-state index contributed by atoms with van der Waals surface area (Å²) in [6.07, 6.45) is 0. The number of benzene rings is 2. The van der Waals surface area contributed by atoms with Crippen LogP contribution in [-0.4, -0.2) is 0 Å². The van der Waals surface area contributed by atoms with E-state index in [0.717, 1.165) is 11.1 Å². The molecule has 0 heterocycles. The third-order valence-electron chi connectivity index (χ3n) is 3.07. The maximum Gasteiger partial charge on any atom is 0.0778 e. The highest BCUT2D eigenvalue weighted by atomic mass is 35.5. The molecule has 19 heavy (non-hydrogen) atoms. The average molecular weight is 314 g/mol. The van der Waals surface area contributed by atoms with Gasteiger partial charge >= 0.3 is 0 Å². The highest BCUT2D eigenvalue weighted by Crippen LogP contribution is 2.35. The Bertz CT molecular complexity index is 569. The van der Waals surface area contributed by atoms with Crippen molar-refractivity contribution in [3.8, 4) is 11.1 Å². The molecule has 0 aliphatic rings. The molecule has 2 rings (SSSR count). The van der Waals surface area contributed by atoms with Crippen molar-refractivity contribution in [2.45, 2.75) is 26.2 Å². The number of hydrogen-bond donors (Lipinski definition) is 0. The number of halogens is 3. The van der Waals surface area contributed by atoms with E-state index in [1.165, 1.54) is 5.56 Å². The van der Waals surface area contributed by atoms with Crippen LogP contribution in [0, 0.1) is 0 Å². The van der Waals surface area contributed by atoms with Crippen LogP contribution in [0.5, 0.6) is 0 Å². The molecular formula is C16H15Cl3. The third kappa shape index (κ3) is 3.25. The molecule has 0 saturated carbocycles. The summed E-state index contributed by atoms with van der Waals surface area (Å²) in [6.45, 7) is 6.58. The first-order chi connectivity index (χ1) is 8.79. The van der Waals surface area contributed by atoms with Gasteiger partial charge in [-0.2, -0.15) is 0 Å². The van der Waals surface area contributed by atoms with Crippen molar-refractivity contribution in [1.82, 2.24) is 0 Å². The molecule has 0 amide bonds. The molecule has 2 aromatic carbocycles. The van der Waals surface area contributed by atoms with Gasteiger partial charge < -0.3 is 0 Å². The third-order valence-corrected chi connectivity index (χ3v) is 4.26. The van der Waals surface area contributed by atoms with Gasteiger partial charge in [-0.25, -0.2) is 0 Å². The van der Waals surface area contributed by atoms with Gasteiger partial charge in [0.25, 0.3) is 0 Å². The fourth-order valence-electron chi connectivity index (χ4n) is 1.88. The van der Waals surface area contributed by atoms with Crippen molar-refractivity contribution >= 4 is 34.8 Å². The first kappa shape index (κ1) is 14.7. The molecule has 0 aromatic heterocycles. The average Bonchev–Trinajstić information content (AvgIpc) is 2.34. The highest BCUT2D eigenvalue weighted by Gasteiger charge is 2.13. The second-order valence-corrected chi connectivity index (χ2v) is 6.77. The van der Waals surface area contributed by atoms with Gasteiger partial charge in [0.15, 0.2) is 0 Å². The van der Waals surface area contributed by atoms with E-state index in [-0.39, 0.29) is 5.41 Å². The van der Waals surface area contributed by atoms with E-state index < -0.39 is 0 Å². The van der Waals surface area contributed by atoms with Gasteiger partial charge in [0, 0.05) is 0 Å². The monoisotopic (exact) mass is 312 g/mol. The number of hydrogen-bond acceptors (Lipinski definition) is 0. The molecule has 100 valence electrons. The Morgan fingerprint density at radius 2 is 1.21 bits per heavy atom. The smallest absolute Gasteiger partial charge is 0.0778 e. The molecule has 0 N–H and O–H groups in total. The first-order valence-corrected chi connectivity index (χ1v) is 7.18. The van der Waals surface area contributed by atoms with Gasteiger partial charge in [-0.3, -0.25) is 0 Å². The fourth-order valence-corrected chi connectivity index (χ4v) is 2.48. The standard InChI is InChI=1S/C16H15Cl3/c1-16(2,3)12-6-4-10(5-7-12)11-8-13(17)15(19)14(18)9-11/h4-9H,1-3H3. The maximum atomic E-state index is 6.06. The van der Waals surface area contributed by atoms with Crippen LogP contribution in [0.3, 0.4) is 0 Å². The van der Waals surface area contributed by atoms with E-state index in [4.69, 9.17) is 34.8 Å². The molecule has 0 radical (unpaired) electrons. The summed E-state index contributed by atoms with van der Waals surface area (Å²) in [7, 11) is 0. The van der Waals surface area contributed by atoms with E-state index in [0.29, 0.717) is 15.1 Å². The Balaban J connectivity index is 2.43. The van der Waals surface area contributed by atoms with Gasteiger partial charge in [0.2, 0.25) is 0 Å². The van der Waals surface area contributed by atoms with Crippen LogP contribution in [0.25, 0.3) is 11.1 Å². The Morgan fingerprint density at radius 1 is 0.737 bits per heavy atom. The topological polar surface area (TPSA) is 0 Å². The maximum absolute atomic E-state index is 6.06. The Labute approximate surface area is 129 Å². The van der Waals surface area contributed by atoms with Crippen LogP contribution in [0.4, 0.5) is 0 Å². The molecule has 3 heteroatoms. The molecule has 2 aromatic rings. The predicted octanol–water partition coefficient (Wildman–Crippen LogP) is 6.61. The van der Waals surface area contributed by atoms with Crippen molar-refractivity contribution in [2.24, 2.45) is 0 Å². The van der Waals surface area contributed by atoms with E-state index in [9.17, 15) is 0 Å². The van der Waals surface area contributed by atoms with Gasteiger partial charge in [-0.05, 0) is 34.2 Å². The molecule has 0 bridgehead atoms. The van der Waals surface area contributed by atoms with Crippen molar-refractivity contribution in [1.29, 1.82) is 0 Å². The van der Waals surface area contributed by atoms with Crippen LogP contribution in [0.1, 0.15) is 26.3 Å². The van der Waals surface area contributed by atoms with E-state index >= 15 is 0 Å². The number of rotatable bonds is 1. The lowest BCUT2D eigenvalue weighted by Gasteiger charge is -2.19. The summed E-state index contributed by atoms with van der Waals surface area (Å²) in [4.78, 5) is 0. The minimum atomic E-state index is 0.147. The Hall–Kier alpha value is -0.690. The van der Waals surface area contributed by atoms with Crippen molar-refractivity contribution in [2.75, 3.05) is 0 Å². The Kier molecular flexibility index (Phi) is 4.15. The van der Waals surface area contributed by atoms with Crippen molar-refractivity contribution < 1.29 is 0 Å². The summed E-state index contributed by atoms with van der Waals surface area (Å²) < 4.78 is 0. The fraction of sp³-hybridized carbons (Fsp3) is 0.250. The molecule has 0 aliphatic carbocycles. The molecule has 0 aliphatic heterocycles. The molecule has 0 atom stereocenters. The second-order valence-electron chi connectivity index (χ2n) is 5.58. The minimum Gasteiger partial charge on any atom is -0.0826 e. The molecule has 0 saturated heterocycles. The molecule has 0 fully saturated rings. The largest absolute Gasteiger partial charge is 0.0826 e. The normalized spacial score (nSPS) is 11.7. The van der Waals surface area contributed by atoms with Crippen molar-refractivity contribution in [3.05, 3.63) is 57.0 Å². The lowest BCUT2D eigenvalue weighted by atomic mass is 9.86. The lowest BCUT2D eigenvalue weighted by molar-refractivity contribution is 0.590. The van der Waals surface area contributed by atoms with Gasteiger partial charge in [-0.1, -0.05) is 79.8 Å². The summed E-state index contributed by atoms with van der Waals surface area (Å²) in [6, 6.07) is 12.1. The van der Waals surface area contributed by atoms with Crippen LogP contribution >= 0.6 is 34.8 Å². The molecule has 0 spiro atoms.